The fourth-order valence-corrected chi connectivity index (χ4v) is 3.00. The predicted molar refractivity (Wildman–Crippen MR) is 118 cm³/mol. The van der Waals surface area contributed by atoms with Crippen molar-refractivity contribution < 1.29 is 19.0 Å². The minimum Gasteiger partial charge on any atom is -0.493 e. The molecular weight excluding hydrogens is 436 g/mol. The lowest BCUT2D eigenvalue weighted by Gasteiger charge is -2.14. The van der Waals surface area contributed by atoms with Crippen molar-refractivity contribution in [3.8, 4) is 17.2 Å². The Morgan fingerprint density at radius 3 is 2.66 bits per heavy atom. The molecule has 0 aliphatic rings. The van der Waals surface area contributed by atoms with E-state index in [1.54, 1.807) is 26.3 Å². The molecule has 0 aliphatic carbocycles. The van der Waals surface area contributed by atoms with E-state index in [0.29, 0.717) is 23.9 Å². The summed E-state index contributed by atoms with van der Waals surface area (Å²) in [6.07, 6.45) is 2.90. The summed E-state index contributed by atoms with van der Waals surface area (Å²) in [5, 5.41) is 4.01. The zero-order valence-corrected chi connectivity index (χ0v) is 18.8. The van der Waals surface area contributed by atoms with Gasteiger partial charge < -0.3 is 14.2 Å². The van der Waals surface area contributed by atoms with Gasteiger partial charge in [-0.15, -0.1) is 0 Å². The molecule has 2 aromatic carbocycles. The molecule has 0 saturated carbocycles. The fraction of sp³-hybridized carbons (Fsp3) is 0.364. The Morgan fingerprint density at radius 2 is 1.97 bits per heavy atom. The minimum absolute atomic E-state index is 0.347. The molecule has 6 nitrogen and oxygen atoms in total. The van der Waals surface area contributed by atoms with Gasteiger partial charge in [-0.2, -0.15) is 5.10 Å². The number of aryl methyl sites for hydroxylation is 1. The molecule has 2 rings (SSSR count). The molecule has 0 radical (unpaired) electrons. The number of nitrogens with zero attached hydrogens (tertiary/aromatic N) is 1. The van der Waals surface area contributed by atoms with Gasteiger partial charge in [0.05, 0.1) is 24.4 Å². The second-order valence-corrected chi connectivity index (χ2v) is 7.39. The molecule has 1 amide bonds. The molecule has 1 N–H and O–H groups in total. The number of ether oxygens (including phenoxy) is 3. The second kappa shape index (κ2) is 11.5. The molecule has 2 aromatic rings. The number of methoxy groups -OCH3 is 1. The number of hydrazone groups is 1. The van der Waals surface area contributed by atoms with Crippen LogP contribution in [-0.2, 0) is 4.79 Å². The van der Waals surface area contributed by atoms with Crippen molar-refractivity contribution in [1.29, 1.82) is 0 Å². The van der Waals surface area contributed by atoms with E-state index in [1.165, 1.54) is 0 Å². The lowest BCUT2D eigenvalue weighted by atomic mass is 10.2. The van der Waals surface area contributed by atoms with Gasteiger partial charge in [-0.1, -0.05) is 19.4 Å². The Bertz CT molecular complexity index is 855. The number of carbonyl (C=O) groups is 1. The van der Waals surface area contributed by atoms with E-state index in [9.17, 15) is 4.79 Å². The number of rotatable bonds is 10. The van der Waals surface area contributed by atoms with Crippen molar-refractivity contribution in [3.05, 3.63) is 52.0 Å². The summed E-state index contributed by atoms with van der Waals surface area (Å²) in [7, 11) is 1.59. The third-order valence-electron chi connectivity index (χ3n) is 4.09. The van der Waals surface area contributed by atoms with Crippen molar-refractivity contribution >= 4 is 28.1 Å². The lowest BCUT2D eigenvalue weighted by molar-refractivity contribution is -0.127. The van der Waals surface area contributed by atoms with Gasteiger partial charge in [-0.3, -0.25) is 4.79 Å². The third-order valence-corrected chi connectivity index (χ3v) is 4.71. The highest BCUT2D eigenvalue weighted by molar-refractivity contribution is 9.10. The Balaban J connectivity index is 1.93. The maximum atomic E-state index is 12.2. The van der Waals surface area contributed by atoms with Gasteiger partial charge in [-0.25, -0.2) is 5.43 Å². The van der Waals surface area contributed by atoms with Crippen LogP contribution in [0.5, 0.6) is 17.2 Å². The Kier molecular flexibility index (Phi) is 8.99. The third kappa shape index (κ3) is 7.09. The number of hydrogen-bond donors (Lipinski definition) is 1. The Hall–Kier alpha value is -2.54. The highest BCUT2D eigenvalue weighted by Crippen LogP contribution is 2.28. The first-order valence-corrected chi connectivity index (χ1v) is 10.3. The summed E-state index contributed by atoms with van der Waals surface area (Å²) in [5.74, 6) is 1.57. The van der Waals surface area contributed by atoms with Crippen LogP contribution in [0.2, 0.25) is 0 Å². The van der Waals surface area contributed by atoms with Crippen molar-refractivity contribution in [2.24, 2.45) is 5.10 Å². The Labute approximate surface area is 180 Å². The molecule has 29 heavy (non-hydrogen) atoms. The number of hydrogen-bond acceptors (Lipinski definition) is 5. The van der Waals surface area contributed by atoms with Gasteiger partial charge in [0, 0.05) is 0 Å². The predicted octanol–water partition coefficient (Wildman–Crippen LogP) is 4.86. The first kappa shape index (κ1) is 22.7. The van der Waals surface area contributed by atoms with Crippen LogP contribution in [0.25, 0.3) is 0 Å². The molecule has 7 heteroatoms. The second-order valence-electron chi connectivity index (χ2n) is 6.54. The van der Waals surface area contributed by atoms with E-state index in [1.807, 2.05) is 37.3 Å². The summed E-state index contributed by atoms with van der Waals surface area (Å²) in [6.45, 7) is 6.41. The zero-order valence-electron chi connectivity index (χ0n) is 17.2. The Morgan fingerprint density at radius 1 is 1.21 bits per heavy atom. The average Bonchev–Trinajstić information content (AvgIpc) is 2.70. The molecule has 0 heterocycles. The summed E-state index contributed by atoms with van der Waals surface area (Å²) >= 11 is 3.44. The minimum atomic E-state index is -0.699. The van der Waals surface area contributed by atoms with Crippen molar-refractivity contribution in [1.82, 2.24) is 5.43 Å². The number of halogens is 1. The van der Waals surface area contributed by atoms with E-state index in [-0.39, 0.29) is 5.91 Å². The summed E-state index contributed by atoms with van der Waals surface area (Å²) in [6, 6.07) is 11.2. The molecule has 0 bridgehead atoms. The first-order chi connectivity index (χ1) is 13.9. The standard InChI is InChI=1S/C22H27BrN2O4/c1-5-6-11-28-20-10-8-17(13-21(20)27-4)14-24-25-22(26)16(3)29-19-9-7-15(2)12-18(19)23/h7-10,12-14,16H,5-6,11H2,1-4H3,(H,25,26)/b24-14+/t16-/m0/s1. The molecule has 1 atom stereocenters. The number of benzene rings is 2. The molecule has 0 spiro atoms. The average molecular weight is 463 g/mol. The molecule has 0 unspecified atom stereocenters. The van der Waals surface area contributed by atoms with Gasteiger partial charge in [-0.05, 0) is 77.7 Å². The maximum Gasteiger partial charge on any atom is 0.280 e. The molecule has 0 saturated heterocycles. The van der Waals surface area contributed by atoms with Crippen LogP contribution in [0.1, 0.15) is 37.8 Å². The maximum absolute atomic E-state index is 12.2. The largest absolute Gasteiger partial charge is 0.493 e. The lowest BCUT2D eigenvalue weighted by Crippen LogP contribution is -2.33. The number of unbranched alkanes of at least 4 members (excludes halogenated alkanes) is 1. The smallest absolute Gasteiger partial charge is 0.280 e. The highest BCUT2D eigenvalue weighted by atomic mass is 79.9. The van der Waals surface area contributed by atoms with Gasteiger partial charge >= 0.3 is 0 Å². The molecule has 0 fully saturated rings. The van der Waals surface area contributed by atoms with E-state index in [4.69, 9.17) is 14.2 Å². The van der Waals surface area contributed by atoms with Crippen LogP contribution in [0.4, 0.5) is 0 Å². The van der Waals surface area contributed by atoms with E-state index in [0.717, 1.165) is 28.4 Å². The SMILES string of the molecule is CCCCOc1ccc(/C=N/NC(=O)[C@H](C)Oc2ccc(C)cc2Br)cc1OC. The van der Waals surface area contributed by atoms with Crippen LogP contribution in [0, 0.1) is 6.92 Å². The van der Waals surface area contributed by atoms with Crippen molar-refractivity contribution in [2.75, 3.05) is 13.7 Å². The van der Waals surface area contributed by atoms with E-state index < -0.39 is 6.10 Å². The molecule has 0 aromatic heterocycles. The first-order valence-electron chi connectivity index (χ1n) is 9.51. The summed E-state index contributed by atoms with van der Waals surface area (Å²) < 4.78 is 17.6. The van der Waals surface area contributed by atoms with E-state index in [2.05, 4.69) is 33.4 Å². The van der Waals surface area contributed by atoms with Crippen LogP contribution in [-0.4, -0.2) is 31.9 Å². The van der Waals surface area contributed by atoms with Gasteiger partial charge in [0.15, 0.2) is 17.6 Å². The summed E-state index contributed by atoms with van der Waals surface area (Å²) in [5.41, 5.74) is 4.37. The quantitative estimate of drug-likeness (QED) is 0.310. The van der Waals surface area contributed by atoms with Gasteiger partial charge in [0.1, 0.15) is 5.75 Å². The normalized spacial score (nSPS) is 11.9. The van der Waals surface area contributed by atoms with Gasteiger partial charge in [0.2, 0.25) is 0 Å². The molecular formula is C22H27BrN2O4. The van der Waals surface area contributed by atoms with Crippen molar-refractivity contribution in [2.45, 2.75) is 39.7 Å². The highest BCUT2D eigenvalue weighted by Gasteiger charge is 2.15. The summed E-state index contributed by atoms with van der Waals surface area (Å²) in [4.78, 5) is 12.2. The number of amides is 1. The number of carbonyl (C=O) groups excluding carboxylic acids is 1. The topological polar surface area (TPSA) is 69.2 Å². The van der Waals surface area contributed by atoms with Crippen LogP contribution in [0.3, 0.4) is 0 Å². The van der Waals surface area contributed by atoms with Gasteiger partial charge in [0.25, 0.3) is 5.91 Å². The van der Waals surface area contributed by atoms with Crippen LogP contribution < -0.4 is 19.6 Å². The van der Waals surface area contributed by atoms with Crippen LogP contribution in [0.15, 0.2) is 46.0 Å². The van der Waals surface area contributed by atoms with Crippen LogP contribution >= 0.6 is 15.9 Å². The molecule has 156 valence electrons. The zero-order chi connectivity index (χ0) is 21.2. The monoisotopic (exact) mass is 462 g/mol. The van der Waals surface area contributed by atoms with E-state index >= 15 is 0 Å². The molecule has 0 aliphatic heterocycles. The fourth-order valence-electron chi connectivity index (χ4n) is 2.42. The number of nitrogens with one attached hydrogen (secondary N) is 1. The van der Waals surface area contributed by atoms with Crippen molar-refractivity contribution in [3.63, 3.8) is 0 Å².